The Bertz CT molecular complexity index is 271. The minimum atomic E-state index is 0.360. The van der Waals surface area contributed by atoms with Crippen molar-refractivity contribution in [3.8, 4) is 0 Å². The molecule has 76 valence electrons. The third-order valence-electron chi connectivity index (χ3n) is 2.98. The van der Waals surface area contributed by atoms with Gasteiger partial charge in [0.05, 0.1) is 0 Å². The molecule has 2 heteroatoms. The van der Waals surface area contributed by atoms with Gasteiger partial charge in [-0.1, -0.05) is 36.8 Å². The van der Waals surface area contributed by atoms with Crippen LogP contribution in [0.15, 0.2) is 30.3 Å². The quantitative estimate of drug-likeness (QED) is 0.760. The highest BCUT2D eigenvalue weighted by Crippen LogP contribution is 2.17. The van der Waals surface area contributed by atoms with E-state index in [1.807, 2.05) is 6.07 Å². The first kappa shape index (κ1) is 9.69. The summed E-state index contributed by atoms with van der Waals surface area (Å²) < 4.78 is 0. The van der Waals surface area contributed by atoms with Crippen molar-refractivity contribution in [3.63, 3.8) is 0 Å². The summed E-state index contributed by atoms with van der Waals surface area (Å²) in [6.07, 6.45) is 3.67. The fraction of sp³-hybridized carbons (Fsp3) is 0.500. The van der Waals surface area contributed by atoms with Gasteiger partial charge in [0.15, 0.2) is 0 Å². The Morgan fingerprint density at radius 3 is 2.64 bits per heavy atom. The van der Waals surface area contributed by atoms with E-state index >= 15 is 0 Å². The molecule has 0 heterocycles. The number of hydrogen-bond donors (Lipinski definition) is 2. The molecule has 0 aliphatic heterocycles. The van der Waals surface area contributed by atoms with Gasteiger partial charge in [-0.2, -0.15) is 0 Å². The van der Waals surface area contributed by atoms with E-state index in [0.717, 1.165) is 6.54 Å². The summed E-state index contributed by atoms with van der Waals surface area (Å²) in [5, 5.41) is 3.52. The maximum absolute atomic E-state index is 5.98. The molecule has 1 aliphatic carbocycles. The van der Waals surface area contributed by atoms with E-state index in [2.05, 4.69) is 29.6 Å². The molecule has 1 aromatic rings. The van der Waals surface area contributed by atoms with E-state index in [4.69, 9.17) is 5.73 Å². The Kier molecular flexibility index (Phi) is 3.17. The van der Waals surface area contributed by atoms with Crippen molar-refractivity contribution in [2.45, 2.75) is 37.9 Å². The predicted molar refractivity (Wildman–Crippen MR) is 58.9 cm³/mol. The van der Waals surface area contributed by atoms with E-state index < -0.39 is 0 Å². The summed E-state index contributed by atoms with van der Waals surface area (Å²) >= 11 is 0. The zero-order valence-electron chi connectivity index (χ0n) is 8.45. The average Bonchev–Trinajstić information content (AvgIpc) is 2.63. The van der Waals surface area contributed by atoms with Gasteiger partial charge in [-0.15, -0.1) is 0 Å². The lowest BCUT2D eigenvalue weighted by molar-refractivity contribution is 0.475. The number of benzene rings is 1. The van der Waals surface area contributed by atoms with Crippen molar-refractivity contribution in [2.24, 2.45) is 5.73 Å². The van der Waals surface area contributed by atoms with E-state index in [1.165, 1.54) is 24.8 Å². The molecular formula is C12H18N2. The van der Waals surface area contributed by atoms with Crippen molar-refractivity contribution < 1.29 is 0 Å². The summed E-state index contributed by atoms with van der Waals surface area (Å²) in [6, 6.07) is 11.4. The highest BCUT2D eigenvalue weighted by molar-refractivity contribution is 5.14. The fourth-order valence-electron chi connectivity index (χ4n) is 2.09. The van der Waals surface area contributed by atoms with Crippen LogP contribution in [-0.4, -0.2) is 12.1 Å². The molecule has 0 bridgehead atoms. The third kappa shape index (κ3) is 2.34. The Balaban J connectivity index is 1.82. The molecule has 2 rings (SSSR count). The Labute approximate surface area is 85.5 Å². The van der Waals surface area contributed by atoms with Gasteiger partial charge in [0, 0.05) is 18.6 Å². The van der Waals surface area contributed by atoms with Crippen LogP contribution in [-0.2, 0) is 6.54 Å². The molecule has 1 aliphatic rings. The second-order valence-electron chi connectivity index (χ2n) is 4.07. The molecule has 0 spiro atoms. The molecule has 1 fully saturated rings. The second-order valence-corrected chi connectivity index (χ2v) is 4.07. The van der Waals surface area contributed by atoms with Crippen LogP contribution in [0.4, 0.5) is 0 Å². The van der Waals surface area contributed by atoms with Gasteiger partial charge in [-0.25, -0.2) is 0 Å². The Hall–Kier alpha value is -0.860. The summed E-state index contributed by atoms with van der Waals surface area (Å²) in [4.78, 5) is 0. The topological polar surface area (TPSA) is 38.0 Å². The molecule has 0 aromatic heterocycles. The third-order valence-corrected chi connectivity index (χ3v) is 2.98. The molecule has 3 N–H and O–H groups in total. The zero-order valence-corrected chi connectivity index (χ0v) is 8.45. The van der Waals surface area contributed by atoms with Gasteiger partial charge in [-0.05, 0) is 18.4 Å². The highest BCUT2D eigenvalue weighted by atomic mass is 15.0. The van der Waals surface area contributed by atoms with Gasteiger partial charge < -0.3 is 11.1 Å². The zero-order chi connectivity index (χ0) is 9.80. The van der Waals surface area contributed by atoms with Crippen molar-refractivity contribution >= 4 is 0 Å². The molecule has 2 atom stereocenters. The number of nitrogens with two attached hydrogens (primary N) is 1. The molecule has 1 saturated carbocycles. The van der Waals surface area contributed by atoms with Crippen LogP contribution >= 0.6 is 0 Å². The van der Waals surface area contributed by atoms with Gasteiger partial charge in [0.2, 0.25) is 0 Å². The summed E-state index contributed by atoms with van der Waals surface area (Å²) in [5.74, 6) is 0. The standard InChI is InChI=1S/C12H18N2/c13-11-7-4-8-12(11)14-9-10-5-2-1-3-6-10/h1-3,5-6,11-12,14H,4,7-9,13H2/t11-,12+/m1/s1. The first-order valence-corrected chi connectivity index (χ1v) is 5.39. The molecule has 2 nitrogen and oxygen atoms in total. The van der Waals surface area contributed by atoms with Crippen LogP contribution in [0.3, 0.4) is 0 Å². The maximum Gasteiger partial charge on any atom is 0.0222 e. The van der Waals surface area contributed by atoms with Gasteiger partial charge in [0.1, 0.15) is 0 Å². The number of rotatable bonds is 3. The van der Waals surface area contributed by atoms with Crippen molar-refractivity contribution in [1.29, 1.82) is 0 Å². The predicted octanol–water partition coefficient (Wildman–Crippen LogP) is 1.66. The molecule has 0 radical (unpaired) electrons. The smallest absolute Gasteiger partial charge is 0.0222 e. The molecule has 0 unspecified atom stereocenters. The van der Waals surface area contributed by atoms with E-state index in [9.17, 15) is 0 Å². The maximum atomic E-state index is 5.98. The molecule has 0 saturated heterocycles. The largest absolute Gasteiger partial charge is 0.326 e. The van der Waals surface area contributed by atoms with Crippen LogP contribution in [0, 0.1) is 0 Å². The van der Waals surface area contributed by atoms with Gasteiger partial charge in [0.25, 0.3) is 0 Å². The first-order chi connectivity index (χ1) is 6.86. The minimum absolute atomic E-state index is 0.360. The highest BCUT2D eigenvalue weighted by Gasteiger charge is 2.22. The van der Waals surface area contributed by atoms with Crippen molar-refractivity contribution in [3.05, 3.63) is 35.9 Å². The lowest BCUT2D eigenvalue weighted by Crippen LogP contribution is -2.40. The van der Waals surface area contributed by atoms with Crippen LogP contribution in [0.5, 0.6) is 0 Å². The Morgan fingerprint density at radius 2 is 2.00 bits per heavy atom. The molecule has 1 aromatic carbocycles. The fourth-order valence-corrected chi connectivity index (χ4v) is 2.09. The summed E-state index contributed by atoms with van der Waals surface area (Å²) in [7, 11) is 0. The first-order valence-electron chi connectivity index (χ1n) is 5.39. The molecule has 0 amide bonds. The van der Waals surface area contributed by atoms with Gasteiger partial charge in [-0.3, -0.25) is 0 Å². The summed E-state index contributed by atoms with van der Waals surface area (Å²) in [5.41, 5.74) is 7.32. The summed E-state index contributed by atoms with van der Waals surface area (Å²) in [6.45, 7) is 0.944. The van der Waals surface area contributed by atoms with E-state index in [0.29, 0.717) is 12.1 Å². The lowest BCUT2D eigenvalue weighted by atomic mass is 10.1. The van der Waals surface area contributed by atoms with Crippen LogP contribution in [0.2, 0.25) is 0 Å². The monoisotopic (exact) mass is 190 g/mol. The van der Waals surface area contributed by atoms with E-state index in [-0.39, 0.29) is 0 Å². The number of nitrogens with one attached hydrogen (secondary N) is 1. The van der Waals surface area contributed by atoms with Crippen LogP contribution < -0.4 is 11.1 Å². The van der Waals surface area contributed by atoms with E-state index in [1.54, 1.807) is 0 Å². The van der Waals surface area contributed by atoms with Crippen molar-refractivity contribution in [2.75, 3.05) is 0 Å². The molecule has 14 heavy (non-hydrogen) atoms. The van der Waals surface area contributed by atoms with Gasteiger partial charge >= 0.3 is 0 Å². The van der Waals surface area contributed by atoms with Crippen LogP contribution in [0.25, 0.3) is 0 Å². The normalized spacial score (nSPS) is 26.6. The van der Waals surface area contributed by atoms with Crippen molar-refractivity contribution in [1.82, 2.24) is 5.32 Å². The molecular weight excluding hydrogens is 172 g/mol. The SMILES string of the molecule is N[C@@H]1CCC[C@@H]1NCc1ccccc1. The Morgan fingerprint density at radius 1 is 1.21 bits per heavy atom. The minimum Gasteiger partial charge on any atom is -0.326 e. The van der Waals surface area contributed by atoms with Crippen LogP contribution in [0.1, 0.15) is 24.8 Å². The number of hydrogen-bond acceptors (Lipinski definition) is 2. The average molecular weight is 190 g/mol. The second kappa shape index (κ2) is 4.58. The lowest BCUT2D eigenvalue weighted by Gasteiger charge is -2.17.